The van der Waals surface area contributed by atoms with E-state index < -0.39 is 0 Å². The largest absolute Gasteiger partial charge is 0.369 e. The monoisotopic (exact) mass is 204 g/mol. The number of hydrogen-bond donors (Lipinski definition) is 1. The molecule has 1 aromatic rings. The molecule has 78 valence electrons. The molecule has 0 aliphatic carbocycles. The van der Waals surface area contributed by atoms with Crippen LogP contribution in [0.3, 0.4) is 0 Å². The van der Waals surface area contributed by atoms with Gasteiger partial charge in [-0.3, -0.25) is 4.79 Å². The predicted molar refractivity (Wildman–Crippen MR) is 58.7 cm³/mol. The highest BCUT2D eigenvalue weighted by Gasteiger charge is 2.31. The van der Waals surface area contributed by atoms with E-state index >= 15 is 0 Å². The normalized spacial score (nSPS) is 20.8. The second kappa shape index (κ2) is 3.95. The summed E-state index contributed by atoms with van der Waals surface area (Å²) in [6.07, 6.45) is 0.878. The van der Waals surface area contributed by atoms with Gasteiger partial charge in [0, 0.05) is 5.56 Å². The van der Waals surface area contributed by atoms with E-state index in [1.165, 1.54) is 16.3 Å². The predicted octanol–water partition coefficient (Wildman–Crippen LogP) is -0.584. The fourth-order valence-electron chi connectivity index (χ4n) is 2.08. The minimum Gasteiger partial charge on any atom is -0.298 e. The lowest BCUT2D eigenvalue weighted by Gasteiger charge is -2.03. The van der Waals surface area contributed by atoms with Crippen LogP contribution in [0.2, 0.25) is 0 Å². The van der Waals surface area contributed by atoms with Crippen LogP contribution in [-0.4, -0.2) is 43.9 Å². The third kappa shape index (κ3) is 1.83. The lowest BCUT2D eigenvalue weighted by molar-refractivity contribution is -0.776. The van der Waals surface area contributed by atoms with Gasteiger partial charge in [0.1, 0.15) is 25.4 Å². The van der Waals surface area contributed by atoms with E-state index in [1.807, 2.05) is 24.3 Å². The van der Waals surface area contributed by atoms with Crippen molar-refractivity contribution in [1.29, 1.82) is 0 Å². The molecule has 3 nitrogen and oxygen atoms in total. The molecule has 15 heavy (non-hydrogen) atoms. The first-order chi connectivity index (χ1) is 7.22. The van der Waals surface area contributed by atoms with Crippen LogP contribution in [0.4, 0.5) is 0 Å². The molecule has 0 bridgehead atoms. The van der Waals surface area contributed by atoms with Crippen LogP contribution in [0.5, 0.6) is 0 Å². The number of carbonyl (C=O) groups is 1. The molecule has 0 aromatic heterocycles. The standard InChI is InChI=1S/C12H15N2O/c1-13-7-8-14(2)12(13)11-5-3-10(9-15)4-6-11/h3-6,9H,7-8H2,1-2H3/q+1/p+1. The van der Waals surface area contributed by atoms with Gasteiger partial charge in [-0.05, 0) is 12.1 Å². The zero-order valence-corrected chi connectivity index (χ0v) is 9.16. The summed E-state index contributed by atoms with van der Waals surface area (Å²) in [5.41, 5.74) is 1.94. The van der Waals surface area contributed by atoms with Crippen LogP contribution in [0.1, 0.15) is 15.9 Å². The average molecular weight is 204 g/mol. The van der Waals surface area contributed by atoms with E-state index in [-0.39, 0.29) is 0 Å². The van der Waals surface area contributed by atoms with Gasteiger partial charge in [0.05, 0.1) is 7.05 Å². The molecule has 3 heteroatoms. The molecular formula is C12H16N2O+2. The number of likely N-dealkylation sites (N-methyl/N-ethyl adjacent to an activating group) is 2. The van der Waals surface area contributed by atoms with Crippen molar-refractivity contribution in [2.24, 2.45) is 0 Å². The summed E-state index contributed by atoms with van der Waals surface area (Å²) < 4.78 is 2.27. The summed E-state index contributed by atoms with van der Waals surface area (Å²) in [4.78, 5) is 12.0. The van der Waals surface area contributed by atoms with Crippen molar-refractivity contribution in [2.75, 3.05) is 27.2 Å². The molecule has 1 aromatic carbocycles. The van der Waals surface area contributed by atoms with Gasteiger partial charge in [0.15, 0.2) is 6.54 Å². The molecule has 1 atom stereocenters. The third-order valence-electron chi connectivity index (χ3n) is 2.93. The molecule has 1 N–H and O–H groups in total. The maximum Gasteiger partial charge on any atom is 0.369 e. The molecule has 1 unspecified atom stereocenters. The summed E-state index contributed by atoms with van der Waals surface area (Å²) in [5, 5.41) is 0. The van der Waals surface area contributed by atoms with Crippen LogP contribution in [0, 0.1) is 0 Å². The van der Waals surface area contributed by atoms with Gasteiger partial charge in [-0.1, -0.05) is 12.1 Å². The van der Waals surface area contributed by atoms with E-state index in [4.69, 9.17) is 0 Å². The van der Waals surface area contributed by atoms with Crippen molar-refractivity contribution in [3.05, 3.63) is 35.4 Å². The van der Waals surface area contributed by atoms with Crippen LogP contribution < -0.4 is 4.90 Å². The summed E-state index contributed by atoms with van der Waals surface area (Å²) in [6.45, 7) is 2.23. The number of nitrogens with one attached hydrogen (secondary N) is 1. The van der Waals surface area contributed by atoms with Crippen LogP contribution in [0.25, 0.3) is 0 Å². The zero-order chi connectivity index (χ0) is 10.8. The molecule has 0 radical (unpaired) electrons. The van der Waals surface area contributed by atoms with Crippen molar-refractivity contribution < 1.29 is 14.3 Å². The van der Waals surface area contributed by atoms with Gasteiger partial charge in [-0.2, -0.15) is 4.58 Å². The maximum absolute atomic E-state index is 10.5. The minimum absolute atomic E-state index is 0.734. The molecule has 1 heterocycles. The fourth-order valence-corrected chi connectivity index (χ4v) is 2.08. The molecule has 0 fully saturated rings. The molecule has 0 spiro atoms. The Morgan fingerprint density at radius 3 is 2.47 bits per heavy atom. The Morgan fingerprint density at radius 1 is 1.33 bits per heavy atom. The molecule has 2 rings (SSSR count). The quantitative estimate of drug-likeness (QED) is 0.506. The highest BCUT2D eigenvalue weighted by Crippen LogP contribution is 2.02. The minimum atomic E-state index is 0.734. The SMILES string of the molecule is C[N+]1=C(c2ccc(C=O)cc2)[NH+](C)CC1. The summed E-state index contributed by atoms with van der Waals surface area (Å²) in [5.74, 6) is 1.31. The first-order valence-corrected chi connectivity index (χ1v) is 5.19. The van der Waals surface area contributed by atoms with Crippen LogP contribution >= 0.6 is 0 Å². The first-order valence-electron chi connectivity index (χ1n) is 5.19. The summed E-state index contributed by atoms with van der Waals surface area (Å²) >= 11 is 0. The van der Waals surface area contributed by atoms with Crippen molar-refractivity contribution in [3.8, 4) is 0 Å². The number of nitrogens with zero attached hydrogens (tertiary/aromatic N) is 1. The van der Waals surface area contributed by atoms with E-state index in [1.54, 1.807) is 0 Å². The van der Waals surface area contributed by atoms with Gasteiger partial charge in [0.2, 0.25) is 0 Å². The smallest absolute Gasteiger partial charge is 0.298 e. The Kier molecular flexibility index (Phi) is 2.64. The number of hydrogen-bond acceptors (Lipinski definition) is 1. The molecule has 0 amide bonds. The van der Waals surface area contributed by atoms with Gasteiger partial charge in [0.25, 0.3) is 0 Å². The Morgan fingerprint density at radius 2 is 2.00 bits per heavy atom. The second-order valence-electron chi connectivity index (χ2n) is 4.04. The summed E-state index contributed by atoms with van der Waals surface area (Å²) in [6, 6.07) is 7.78. The Balaban J connectivity index is 2.37. The van der Waals surface area contributed by atoms with Gasteiger partial charge < -0.3 is 0 Å². The number of aldehydes is 1. The number of carbonyl (C=O) groups excluding carboxylic acids is 1. The van der Waals surface area contributed by atoms with Crippen molar-refractivity contribution in [1.82, 2.24) is 0 Å². The molecule has 1 aliphatic heterocycles. The van der Waals surface area contributed by atoms with Crippen molar-refractivity contribution in [2.45, 2.75) is 0 Å². The number of benzene rings is 1. The molecule has 1 aliphatic rings. The Bertz CT molecular complexity index is 406. The maximum atomic E-state index is 10.5. The van der Waals surface area contributed by atoms with Crippen LogP contribution in [0.15, 0.2) is 24.3 Å². The Labute approximate surface area is 89.6 Å². The van der Waals surface area contributed by atoms with E-state index in [9.17, 15) is 4.79 Å². The number of rotatable bonds is 2. The first kappa shape index (κ1) is 10.1. The van der Waals surface area contributed by atoms with Crippen molar-refractivity contribution >= 4 is 12.1 Å². The van der Waals surface area contributed by atoms with Crippen molar-refractivity contribution in [3.63, 3.8) is 0 Å². The number of amidine groups is 1. The van der Waals surface area contributed by atoms with Gasteiger partial charge >= 0.3 is 5.84 Å². The lowest BCUT2D eigenvalue weighted by Crippen LogP contribution is -3.10. The van der Waals surface area contributed by atoms with E-state index in [0.717, 1.165) is 24.9 Å². The Hall–Kier alpha value is -1.48. The average Bonchev–Trinajstić information content (AvgIpc) is 2.59. The van der Waals surface area contributed by atoms with Gasteiger partial charge in [-0.15, -0.1) is 0 Å². The third-order valence-corrected chi connectivity index (χ3v) is 2.93. The zero-order valence-electron chi connectivity index (χ0n) is 9.16. The van der Waals surface area contributed by atoms with Crippen LogP contribution in [-0.2, 0) is 0 Å². The topological polar surface area (TPSA) is 24.5 Å². The molecular weight excluding hydrogens is 188 g/mol. The number of quaternary nitrogens is 1. The lowest BCUT2D eigenvalue weighted by atomic mass is 10.1. The van der Waals surface area contributed by atoms with E-state index in [0.29, 0.717) is 0 Å². The second-order valence-corrected chi connectivity index (χ2v) is 4.04. The van der Waals surface area contributed by atoms with E-state index in [2.05, 4.69) is 18.7 Å². The highest BCUT2D eigenvalue weighted by atomic mass is 16.1. The fraction of sp³-hybridized carbons (Fsp3) is 0.333. The molecule has 0 saturated carbocycles. The summed E-state index contributed by atoms with van der Waals surface area (Å²) in [7, 11) is 4.28. The molecule has 0 saturated heterocycles. The highest BCUT2D eigenvalue weighted by molar-refractivity contribution is 5.89. The van der Waals surface area contributed by atoms with Gasteiger partial charge in [-0.25, -0.2) is 4.90 Å².